The Bertz CT molecular complexity index is 1470. The molecule has 0 saturated heterocycles. The van der Waals surface area contributed by atoms with Crippen molar-refractivity contribution in [1.29, 1.82) is 0 Å². The molecular formula is C42H60N4O5S2. The van der Waals surface area contributed by atoms with Crippen molar-refractivity contribution in [2.75, 3.05) is 32.0 Å². The summed E-state index contributed by atoms with van der Waals surface area (Å²) in [5.41, 5.74) is 0.993. The van der Waals surface area contributed by atoms with Crippen LogP contribution in [0.15, 0.2) is 114 Å². The van der Waals surface area contributed by atoms with Gasteiger partial charge in [-0.15, -0.1) is 0 Å². The highest BCUT2D eigenvalue weighted by Crippen LogP contribution is 2.38. The Labute approximate surface area is 325 Å². The van der Waals surface area contributed by atoms with Crippen molar-refractivity contribution in [1.82, 2.24) is 21.1 Å². The van der Waals surface area contributed by atoms with Gasteiger partial charge in [0, 0.05) is 48.2 Å². The number of hydrogen-bond acceptors (Lipinski definition) is 9. The maximum atomic E-state index is 13.2. The van der Waals surface area contributed by atoms with E-state index in [4.69, 9.17) is 4.52 Å². The minimum absolute atomic E-state index is 0.0219. The van der Waals surface area contributed by atoms with Crippen LogP contribution in [0, 0.1) is 0 Å². The number of rotatable bonds is 28. The molecule has 0 radical (unpaired) electrons. The van der Waals surface area contributed by atoms with Crippen LogP contribution in [0.25, 0.3) is 11.3 Å². The lowest BCUT2D eigenvalue weighted by Crippen LogP contribution is -2.53. The molecule has 2 atom stereocenters. The van der Waals surface area contributed by atoms with Crippen LogP contribution in [0.1, 0.15) is 82.6 Å². The Balaban J connectivity index is 1.64. The molecule has 0 unspecified atom stereocenters. The van der Waals surface area contributed by atoms with Crippen molar-refractivity contribution in [3.63, 3.8) is 0 Å². The summed E-state index contributed by atoms with van der Waals surface area (Å²) in [5, 5.41) is 32.2. The van der Waals surface area contributed by atoms with Crippen LogP contribution in [0.3, 0.4) is 0 Å². The van der Waals surface area contributed by atoms with Gasteiger partial charge in [-0.3, -0.25) is 9.59 Å². The van der Waals surface area contributed by atoms with Gasteiger partial charge in [-0.25, -0.2) is 0 Å². The first kappa shape index (κ1) is 45.5. The van der Waals surface area contributed by atoms with Crippen LogP contribution in [0.5, 0.6) is 0 Å². The molecular weight excluding hydrogens is 705 g/mol. The number of aromatic nitrogens is 1. The van der Waals surface area contributed by atoms with Crippen LogP contribution >= 0.6 is 21.6 Å². The normalized spacial score (nSPS) is 13.8. The van der Waals surface area contributed by atoms with E-state index in [1.54, 1.807) is 27.7 Å². The summed E-state index contributed by atoms with van der Waals surface area (Å²) >= 11 is 0. The molecule has 2 aromatic rings. The van der Waals surface area contributed by atoms with Crippen LogP contribution in [0.4, 0.5) is 0 Å². The molecule has 0 saturated carbocycles. The second kappa shape index (κ2) is 28.8. The predicted molar refractivity (Wildman–Crippen MR) is 224 cm³/mol. The quantitative estimate of drug-likeness (QED) is 0.0331. The van der Waals surface area contributed by atoms with Gasteiger partial charge < -0.3 is 30.7 Å². The number of nitrogens with one attached hydrogen (secondary N) is 3. The van der Waals surface area contributed by atoms with E-state index in [-0.39, 0.29) is 36.7 Å². The third-order valence-corrected chi connectivity index (χ3v) is 11.1. The first-order chi connectivity index (χ1) is 25.8. The van der Waals surface area contributed by atoms with Crippen LogP contribution < -0.4 is 16.0 Å². The molecule has 1 aromatic heterocycles. The SMILES string of the molecule is CC/C=C\C/C=C\C/C=C\C/C=C\C/C=C\C/C=C\CCC(=O)NCCSSC(C)(C)[C@@H](CNC[C@@H](O)CO)NC(=O)c1cc(-c2ccccc2)on1. The smallest absolute Gasteiger partial charge is 0.273 e. The van der Waals surface area contributed by atoms with Crippen LogP contribution in [0.2, 0.25) is 0 Å². The van der Waals surface area contributed by atoms with Gasteiger partial charge in [-0.1, -0.05) is 137 Å². The highest BCUT2D eigenvalue weighted by Gasteiger charge is 2.33. The van der Waals surface area contributed by atoms with E-state index < -0.39 is 10.9 Å². The number of aliphatic hydroxyl groups excluding tert-OH is 2. The van der Waals surface area contributed by atoms with E-state index in [9.17, 15) is 19.8 Å². The zero-order valence-corrected chi connectivity index (χ0v) is 33.3. The first-order valence-corrected chi connectivity index (χ1v) is 20.9. The largest absolute Gasteiger partial charge is 0.394 e. The summed E-state index contributed by atoms with van der Waals surface area (Å²) in [6, 6.07) is 10.7. The number of hydrogen-bond donors (Lipinski definition) is 5. The Morgan fingerprint density at radius 3 is 2.04 bits per heavy atom. The molecule has 1 aromatic carbocycles. The molecule has 5 N–H and O–H groups in total. The second-order valence-corrected chi connectivity index (χ2v) is 15.8. The highest BCUT2D eigenvalue weighted by atomic mass is 33.1. The minimum atomic E-state index is -0.900. The average molecular weight is 765 g/mol. The van der Waals surface area contributed by atoms with E-state index in [2.05, 4.69) is 101 Å². The summed E-state index contributed by atoms with van der Waals surface area (Å²) in [6.07, 6.45) is 32.1. The van der Waals surface area contributed by atoms with Crippen molar-refractivity contribution in [3.05, 3.63) is 115 Å². The van der Waals surface area contributed by atoms with E-state index in [0.29, 0.717) is 37.4 Å². The highest BCUT2D eigenvalue weighted by molar-refractivity contribution is 8.77. The molecule has 53 heavy (non-hydrogen) atoms. The van der Waals surface area contributed by atoms with Crippen LogP contribution in [-0.2, 0) is 4.79 Å². The second-order valence-electron chi connectivity index (χ2n) is 12.8. The van der Waals surface area contributed by atoms with Crippen LogP contribution in [-0.4, -0.2) is 76.1 Å². The average Bonchev–Trinajstić information content (AvgIpc) is 3.66. The Morgan fingerprint density at radius 2 is 1.45 bits per heavy atom. The summed E-state index contributed by atoms with van der Waals surface area (Å²) in [7, 11) is 3.23. The van der Waals surface area contributed by atoms with E-state index in [1.807, 2.05) is 44.2 Å². The molecule has 0 fully saturated rings. The molecule has 2 amide bonds. The number of nitrogens with zero attached hydrogens (tertiary/aromatic N) is 1. The third-order valence-electron chi connectivity index (χ3n) is 7.80. The zero-order chi connectivity index (χ0) is 38.4. The van der Waals surface area contributed by atoms with Gasteiger partial charge in [0.1, 0.15) is 0 Å². The maximum Gasteiger partial charge on any atom is 0.273 e. The Hall–Kier alpha value is -3.61. The molecule has 2 rings (SSSR count). The number of carbonyl (C=O) groups is 2. The molecule has 0 spiro atoms. The van der Waals surface area contributed by atoms with Crippen molar-refractivity contribution in [2.24, 2.45) is 0 Å². The fourth-order valence-corrected chi connectivity index (χ4v) is 7.30. The zero-order valence-electron chi connectivity index (χ0n) is 31.6. The molecule has 290 valence electrons. The lowest BCUT2D eigenvalue weighted by Gasteiger charge is -2.34. The molecule has 1 heterocycles. The predicted octanol–water partition coefficient (Wildman–Crippen LogP) is 8.14. The molecule has 0 bridgehead atoms. The maximum absolute atomic E-state index is 13.2. The molecule has 11 heteroatoms. The molecule has 0 aliphatic heterocycles. The lowest BCUT2D eigenvalue weighted by atomic mass is 10.0. The fraction of sp³-hybridized carbons (Fsp3) is 0.452. The van der Waals surface area contributed by atoms with Crippen molar-refractivity contribution in [3.8, 4) is 11.3 Å². The summed E-state index contributed by atoms with van der Waals surface area (Å²) in [6.45, 7) is 6.93. The number of amides is 2. The summed E-state index contributed by atoms with van der Waals surface area (Å²) < 4.78 is 4.98. The minimum Gasteiger partial charge on any atom is -0.394 e. The Morgan fingerprint density at radius 1 is 0.868 bits per heavy atom. The number of carbonyl (C=O) groups excluding carboxylic acids is 2. The van der Waals surface area contributed by atoms with Gasteiger partial charge in [0.15, 0.2) is 11.5 Å². The van der Waals surface area contributed by atoms with E-state index in [0.717, 1.165) is 44.1 Å². The van der Waals surface area contributed by atoms with Crippen molar-refractivity contribution >= 4 is 33.4 Å². The molecule has 0 aliphatic carbocycles. The van der Waals surface area contributed by atoms with Gasteiger partial charge in [0.05, 0.1) is 18.8 Å². The summed E-state index contributed by atoms with van der Waals surface area (Å²) in [4.78, 5) is 25.5. The fourth-order valence-electron chi connectivity index (χ4n) is 4.71. The topological polar surface area (TPSA) is 137 Å². The first-order valence-electron chi connectivity index (χ1n) is 18.6. The van der Waals surface area contributed by atoms with E-state index in [1.165, 1.54) is 0 Å². The number of benzene rings is 1. The van der Waals surface area contributed by atoms with E-state index >= 15 is 0 Å². The van der Waals surface area contributed by atoms with Crippen molar-refractivity contribution < 1.29 is 24.3 Å². The van der Waals surface area contributed by atoms with Gasteiger partial charge in [-0.05, 0) is 58.8 Å². The monoisotopic (exact) mass is 764 g/mol. The summed E-state index contributed by atoms with van der Waals surface area (Å²) in [5.74, 6) is 0.845. The standard InChI is InChI=1S/C42H60N4O5S2/c1-4-5-6-7-8-9-10-11-12-13-14-15-16-17-18-19-20-21-25-28-40(49)44-29-30-52-53-42(2,3)39(33-43-32-36(48)34-47)45-41(50)37-31-38(51-46-37)35-26-23-22-24-27-35/h5-6,8-9,11-12,14-15,17-18,20-24,26-27,31,36,39,43,47-48H,4,7,10,13,16,19,25,28-30,32-34H2,1-3H3,(H,44,49)(H,45,50)/b6-5-,9-8-,12-11-,15-14-,18-17-,21-20-/t36-,39-/m1/s1. The van der Waals surface area contributed by atoms with Gasteiger partial charge in [0.25, 0.3) is 5.91 Å². The van der Waals surface area contributed by atoms with Gasteiger partial charge in [0.2, 0.25) is 5.91 Å². The third kappa shape index (κ3) is 21.6. The molecule has 9 nitrogen and oxygen atoms in total. The van der Waals surface area contributed by atoms with Crippen molar-refractivity contribution in [2.45, 2.75) is 89.0 Å². The lowest BCUT2D eigenvalue weighted by molar-refractivity contribution is -0.120. The number of aliphatic hydroxyl groups is 2. The van der Waals surface area contributed by atoms with Gasteiger partial charge in [-0.2, -0.15) is 0 Å². The molecule has 0 aliphatic rings. The number of allylic oxidation sites excluding steroid dienone is 12. The van der Waals surface area contributed by atoms with Gasteiger partial charge >= 0.3 is 0 Å². The Kier molecular flexibility index (Phi) is 24.8.